The third-order valence-electron chi connectivity index (χ3n) is 3.06. The van der Waals surface area contributed by atoms with Crippen LogP contribution in [0.25, 0.3) is 11.1 Å². The van der Waals surface area contributed by atoms with Gasteiger partial charge in [-0.2, -0.15) is 0 Å². The molecule has 1 aliphatic rings. The molecule has 1 nitrogen and oxygen atoms in total. The number of halogens is 3. The summed E-state index contributed by atoms with van der Waals surface area (Å²) in [5.74, 6) is 0. The Balaban J connectivity index is 2.41. The van der Waals surface area contributed by atoms with Crippen LogP contribution < -0.4 is 5.73 Å². The molecule has 1 aliphatic carbocycles. The van der Waals surface area contributed by atoms with Crippen LogP contribution in [-0.4, -0.2) is 0 Å². The summed E-state index contributed by atoms with van der Waals surface area (Å²) in [7, 11) is 0. The normalized spacial score (nSPS) is 16.8. The van der Waals surface area contributed by atoms with Gasteiger partial charge in [0.05, 0.1) is 6.04 Å². The first-order valence-corrected chi connectivity index (χ1v) is 6.26. The molecule has 2 aromatic rings. The quantitative estimate of drug-likeness (QED) is 0.747. The maximum atomic E-state index is 6.23. The number of hydrogen-bond donors (Lipinski definition) is 1. The van der Waals surface area contributed by atoms with E-state index in [1.807, 2.05) is 24.3 Å². The van der Waals surface area contributed by atoms with E-state index < -0.39 is 0 Å². The molecule has 2 N–H and O–H groups in total. The first kappa shape index (κ1) is 11.4. The second-order valence-corrected chi connectivity index (χ2v) is 5.28. The minimum Gasteiger partial charge on any atom is -0.320 e. The minimum atomic E-state index is -0.233. The van der Waals surface area contributed by atoms with Gasteiger partial charge < -0.3 is 5.73 Å². The summed E-state index contributed by atoms with van der Waals surface area (Å²) in [6.07, 6.45) is 0. The predicted molar refractivity (Wildman–Crippen MR) is 72.9 cm³/mol. The lowest BCUT2D eigenvalue weighted by atomic mass is 10.1. The molecule has 1 unspecified atom stereocenters. The Morgan fingerprint density at radius 1 is 1.00 bits per heavy atom. The van der Waals surface area contributed by atoms with Crippen LogP contribution in [0.4, 0.5) is 0 Å². The minimum absolute atomic E-state index is 0.233. The van der Waals surface area contributed by atoms with Crippen molar-refractivity contribution in [1.29, 1.82) is 0 Å². The van der Waals surface area contributed by atoms with E-state index in [9.17, 15) is 0 Å². The molecule has 0 radical (unpaired) electrons. The van der Waals surface area contributed by atoms with Crippen LogP contribution in [0.2, 0.25) is 15.1 Å². The van der Waals surface area contributed by atoms with Gasteiger partial charge in [0.15, 0.2) is 0 Å². The van der Waals surface area contributed by atoms with Crippen LogP contribution in [0.1, 0.15) is 17.2 Å². The zero-order chi connectivity index (χ0) is 12.2. The van der Waals surface area contributed by atoms with Gasteiger partial charge in [-0.05, 0) is 34.9 Å². The molecule has 0 amide bonds. The van der Waals surface area contributed by atoms with E-state index in [0.29, 0.717) is 15.1 Å². The fourth-order valence-electron chi connectivity index (χ4n) is 2.35. The van der Waals surface area contributed by atoms with Gasteiger partial charge in [0.25, 0.3) is 0 Å². The molecule has 0 bridgehead atoms. The van der Waals surface area contributed by atoms with Crippen molar-refractivity contribution in [3.8, 4) is 11.1 Å². The van der Waals surface area contributed by atoms with Crippen molar-refractivity contribution >= 4 is 34.8 Å². The first-order valence-electron chi connectivity index (χ1n) is 5.13. The Morgan fingerprint density at radius 2 is 1.76 bits per heavy atom. The molecule has 1 atom stereocenters. The fraction of sp³-hybridized carbons (Fsp3) is 0.0769. The van der Waals surface area contributed by atoms with Gasteiger partial charge in [0.2, 0.25) is 0 Å². The summed E-state index contributed by atoms with van der Waals surface area (Å²) >= 11 is 18.5. The molecule has 0 heterocycles. The summed E-state index contributed by atoms with van der Waals surface area (Å²) in [5, 5.41) is 1.86. The van der Waals surface area contributed by atoms with E-state index in [4.69, 9.17) is 40.5 Å². The molecule has 2 aromatic carbocycles. The second kappa shape index (κ2) is 3.89. The largest absolute Gasteiger partial charge is 0.320 e. The van der Waals surface area contributed by atoms with Crippen molar-refractivity contribution in [3.63, 3.8) is 0 Å². The van der Waals surface area contributed by atoms with Crippen LogP contribution in [0.15, 0.2) is 30.3 Å². The number of benzene rings is 2. The topological polar surface area (TPSA) is 26.0 Å². The zero-order valence-electron chi connectivity index (χ0n) is 8.68. The SMILES string of the molecule is NC1c2cccc(Cl)c2-c2cc(Cl)cc(Cl)c21. The van der Waals surface area contributed by atoms with Gasteiger partial charge in [-0.15, -0.1) is 0 Å². The zero-order valence-corrected chi connectivity index (χ0v) is 10.9. The van der Waals surface area contributed by atoms with Crippen molar-refractivity contribution in [2.45, 2.75) is 6.04 Å². The summed E-state index contributed by atoms with van der Waals surface area (Å²) in [5.41, 5.74) is 9.98. The fourth-order valence-corrected chi connectivity index (χ4v) is 3.24. The van der Waals surface area contributed by atoms with E-state index in [1.165, 1.54) is 0 Å². The molecule has 0 aromatic heterocycles. The van der Waals surface area contributed by atoms with Crippen LogP contribution in [0, 0.1) is 0 Å². The number of fused-ring (bicyclic) bond motifs is 3. The Morgan fingerprint density at radius 3 is 2.53 bits per heavy atom. The highest BCUT2D eigenvalue weighted by atomic mass is 35.5. The second-order valence-electron chi connectivity index (χ2n) is 4.03. The highest BCUT2D eigenvalue weighted by Crippen LogP contribution is 2.49. The van der Waals surface area contributed by atoms with E-state index in [1.54, 1.807) is 6.07 Å². The maximum absolute atomic E-state index is 6.23. The number of hydrogen-bond acceptors (Lipinski definition) is 1. The van der Waals surface area contributed by atoms with Crippen molar-refractivity contribution in [2.75, 3.05) is 0 Å². The molecular weight excluding hydrogens is 277 g/mol. The van der Waals surface area contributed by atoms with Gasteiger partial charge in [0, 0.05) is 20.6 Å². The van der Waals surface area contributed by atoms with E-state index in [-0.39, 0.29) is 6.04 Å². The summed E-state index contributed by atoms with van der Waals surface area (Å²) in [6.45, 7) is 0. The van der Waals surface area contributed by atoms with Gasteiger partial charge in [-0.3, -0.25) is 0 Å². The first-order chi connectivity index (χ1) is 8.09. The standard InChI is InChI=1S/C13H8Cl3N/c14-6-4-8-11-7(2-1-3-9(11)15)13(17)12(8)10(16)5-6/h1-5,13H,17H2. The van der Waals surface area contributed by atoms with Crippen molar-refractivity contribution in [3.05, 3.63) is 56.5 Å². The van der Waals surface area contributed by atoms with Crippen LogP contribution in [0.3, 0.4) is 0 Å². The highest BCUT2D eigenvalue weighted by molar-refractivity contribution is 6.37. The molecule has 0 aliphatic heterocycles. The van der Waals surface area contributed by atoms with Crippen molar-refractivity contribution in [1.82, 2.24) is 0 Å². The third-order valence-corrected chi connectivity index (χ3v) is 3.90. The monoisotopic (exact) mass is 283 g/mol. The summed E-state index contributed by atoms with van der Waals surface area (Å²) in [4.78, 5) is 0. The molecule has 0 saturated heterocycles. The average Bonchev–Trinajstić information content (AvgIpc) is 2.54. The lowest BCUT2D eigenvalue weighted by Gasteiger charge is -2.08. The molecule has 86 valence electrons. The molecule has 4 heteroatoms. The van der Waals surface area contributed by atoms with Crippen LogP contribution in [0.5, 0.6) is 0 Å². The lowest BCUT2D eigenvalue weighted by Crippen LogP contribution is -2.08. The van der Waals surface area contributed by atoms with Gasteiger partial charge in [0.1, 0.15) is 0 Å². The molecular formula is C13H8Cl3N. The third kappa shape index (κ3) is 1.58. The number of nitrogens with two attached hydrogens (primary N) is 1. The van der Waals surface area contributed by atoms with Gasteiger partial charge >= 0.3 is 0 Å². The van der Waals surface area contributed by atoms with Crippen LogP contribution in [-0.2, 0) is 0 Å². The van der Waals surface area contributed by atoms with Crippen molar-refractivity contribution in [2.24, 2.45) is 5.73 Å². The Labute approximate surface area is 114 Å². The predicted octanol–water partition coefficient (Wildman–Crippen LogP) is 4.68. The average molecular weight is 285 g/mol. The van der Waals surface area contributed by atoms with E-state index in [0.717, 1.165) is 22.3 Å². The number of rotatable bonds is 0. The smallest absolute Gasteiger partial charge is 0.0579 e. The summed E-state index contributed by atoms with van der Waals surface area (Å²) < 4.78 is 0. The molecule has 17 heavy (non-hydrogen) atoms. The van der Waals surface area contributed by atoms with E-state index >= 15 is 0 Å². The van der Waals surface area contributed by atoms with E-state index in [2.05, 4.69) is 0 Å². The van der Waals surface area contributed by atoms with Crippen molar-refractivity contribution < 1.29 is 0 Å². The molecule has 3 rings (SSSR count). The Kier molecular flexibility index (Phi) is 2.60. The molecule has 0 saturated carbocycles. The van der Waals surface area contributed by atoms with Crippen LogP contribution >= 0.6 is 34.8 Å². The maximum Gasteiger partial charge on any atom is 0.0579 e. The Hall–Kier alpha value is -0.730. The molecule has 0 spiro atoms. The van der Waals surface area contributed by atoms with Gasteiger partial charge in [-0.1, -0.05) is 46.9 Å². The Bertz CT molecular complexity index is 622. The molecule has 0 fully saturated rings. The summed E-state index contributed by atoms with van der Waals surface area (Å²) in [6, 6.07) is 9.04. The highest BCUT2D eigenvalue weighted by Gasteiger charge is 2.30. The van der Waals surface area contributed by atoms with Gasteiger partial charge in [-0.25, -0.2) is 0 Å². The lowest BCUT2D eigenvalue weighted by molar-refractivity contribution is 0.901.